The molecule has 2 amide bonds. The minimum atomic E-state index is -0.782. The van der Waals surface area contributed by atoms with Gasteiger partial charge in [0.25, 0.3) is 5.69 Å². The van der Waals surface area contributed by atoms with Gasteiger partial charge in [-0.2, -0.15) is 5.01 Å². The van der Waals surface area contributed by atoms with Gasteiger partial charge in [-0.05, 0) is 6.07 Å². The van der Waals surface area contributed by atoms with Gasteiger partial charge in [0.05, 0.1) is 15.9 Å². The molecular formula is C7H4N4O5. The summed E-state index contributed by atoms with van der Waals surface area (Å²) in [7, 11) is 0. The SMILES string of the molecule is O=C1NN1c1ccc([N+](=O)[O-])cc1[N+](=O)[O-]. The van der Waals surface area contributed by atoms with Crippen LogP contribution in [0.2, 0.25) is 0 Å². The molecule has 1 saturated heterocycles. The van der Waals surface area contributed by atoms with Crippen molar-refractivity contribution in [3.8, 4) is 0 Å². The zero-order valence-corrected chi connectivity index (χ0v) is 7.61. The topological polar surface area (TPSA) is 128 Å². The zero-order chi connectivity index (χ0) is 11.9. The lowest BCUT2D eigenvalue weighted by Crippen LogP contribution is -2.02. The second kappa shape index (κ2) is 3.15. The minimum absolute atomic E-state index is 0.0133. The van der Waals surface area contributed by atoms with Gasteiger partial charge in [0, 0.05) is 6.07 Å². The lowest BCUT2D eigenvalue weighted by Gasteiger charge is -1.99. The predicted octanol–water partition coefficient (Wildman–Crippen LogP) is 0.948. The summed E-state index contributed by atoms with van der Waals surface area (Å²) in [5.74, 6) is 0. The highest BCUT2D eigenvalue weighted by Crippen LogP contribution is 2.33. The Morgan fingerprint density at radius 1 is 1.19 bits per heavy atom. The standard InChI is InChI=1S/C7H4N4O5/c12-7-8-9(7)5-2-1-4(10(13)14)3-6(5)11(15)16/h1-3H,(H,8,12). The Kier molecular flexibility index (Phi) is 1.94. The van der Waals surface area contributed by atoms with Crippen LogP contribution in [-0.4, -0.2) is 15.9 Å². The van der Waals surface area contributed by atoms with Gasteiger partial charge in [0.1, 0.15) is 5.69 Å². The number of benzene rings is 1. The van der Waals surface area contributed by atoms with Crippen LogP contribution in [0.15, 0.2) is 18.2 Å². The number of hydrazine groups is 1. The number of non-ortho nitro benzene ring substituents is 1. The van der Waals surface area contributed by atoms with E-state index in [9.17, 15) is 25.0 Å². The van der Waals surface area contributed by atoms with E-state index in [0.717, 1.165) is 23.2 Å². The number of rotatable bonds is 3. The van der Waals surface area contributed by atoms with Crippen molar-refractivity contribution >= 4 is 23.1 Å². The highest BCUT2D eigenvalue weighted by molar-refractivity contribution is 6.07. The number of carbonyl (C=O) groups is 1. The van der Waals surface area contributed by atoms with Gasteiger partial charge in [0.15, 0.2) is 0 Å². The molecule has 9 heteroatoms. The molecule has 16 heavy (non-hydrogen) atoms. The van der Waals surface area contributed by atoms with E-state index in [1.54, 1.807) is 0 Å². The van der Waals surface area contributed by atoms with Crippen molar-refractivity contribution in [2.75, 3.05) is 5.01 Å². The predicted molar refractivity (Wildman–Crippen MR) is 50.8 cm³/mol. The number of carbonyl (C=O) groups excluding carboxylic acids is 1. The lowest BCUT2D eigenvalue weighted by atomic mass is 10.2. The molecule has 1 aromatic rings. The van der Waals surface area contributed by atoms with E-state index in [4.69, 9.17) is 0 Å². The van der Waals surface area contributed by atoms with Crippen molar-refractivity contribution in [2.45, 2.75) is 0 Å². The Morgan fingerprint density at radius 3 is 2.25 bits per heavy atom. The summed E-state index contributed by atoms with van der Waals surface area (Å²) in [6, 6.07) is 2.56. The van der Waals surface area contributed by atoms with Gasteiger partial charge in [-0.1, -0.05) is 0 Å². The molecular weight excluding hydrogens is 220 g/mol. The van der Waals surface area contributed by atoms with E-state index in [0.29, 0.717) is 0 Å². The summed E-state index contributed by atoms with van der Waals surface area (Å²) < 4.78 is 0. The van der Waals surface area contributed by atoms with E-state index in [1.165, 1.54) is 0 Å². The Bertz CT molecular complexity index is 513. The molecule has 0 atom stereocenters. The van der Waals surface area contributed by atoms with Crippen LogP contribution in [0.3, 0.4) is 0 Å². The van der Waals surface area contributed by atoms with Gasteiger partial charge >= 0.3 is 11.7 Å². The Balaban J connectivity index is 2.49. The second-order valence-corrected chi connectivity index (χ2v) is 2.94. The maximum absolute atomic E-state index is 10.7. The fraction of sp³-hybridized carbons (Fsp3) is 0. The van der Waals surface area contributed by atoms with Gasteiger partial charge in [0.2, 0.25) is 0 Å². The molecule has 1 heterocycles. The zero-order valence-electron chi connectivity index (χ0n) is 7.61. The van der Waals surface area contributed by atoms with Crippen molar-refractivity contribution in [1.29, 1.82) is 0 Å². The fourth-order valence-corrected chi connectivity index (χ4v) is 1.20. The van der Waals surface area contributed by atoms with Crippen molar-refractivity contribution in [2.24, 2.45) is 0 Å². The van der Waals surface area contributed by atoms with Crippen LogP contribution in [-0.2, 0) is 0 Å². The first kappa shape index (κ1) is 9.83. The monoisotopic (exact) mass is 224 g/mol. The van der Waals surface area contributed by atoms with Crippen LogP contribution in [0.25, 0.3) is 0 Å². The first-order valence-corrected chi connectivity index (χ1v) is 4.04. The molecule has 9 nitrogen and oxygen atoms in total. The van der Waals surface area contributed by atoms with Crippen molar-refractivity contribution in [3.63, 3.8) is 0 Å². The summed E-state index contributed by atoms with van der Waals surface area (Å²) in [6.07, 6.45) is 0. The summed E-state index contributed by atoms with van der Waals surface area (Å²) >= 11 is 0. The van der Waals surface area contributed by atoms with Gasteiger partial charge < -0.3 is 0 Å². The molecule has 0 radical (unpaired) electrons. The minimum Gasteiger partial charge on any atom is -0.258 e. The van der Waals surface area contributed by atoms with E-state index in [2.05, 4.69) is 5.43 Å². The summed E-state index contributed by atoms with van der Waals surface area (Å²) in [5.41, 5.74) is 1.31. The number of hydrogen-bond donors (Lipinski definition) is 1. The maximum atomic E-state index is 10.7. The van der Waals surface area contributed by atoms with E-state index < -0.39 is 27.3 Å². The molecule has 0 unspecified atom stereocenters. The summed E-state index contributed by atoms with van der Waals surface area (Å²) in [6.45, 7) is 0. The quantitative estimate of drug-likeness (QED) is 0.464. The smallest absolute Gasteiger partial charge is 0.258 e. The highest BCUT2D eigenvalue weighted by atomic mass is 16.6. The molecule has 2 rings (SSSR count). The van der Waals surface area contributed by atoms with Gasteiger partial charge in [-0.15, -0.1) is 0 Å². The number of nitro groups is 2. The van der Waals surface area contributed by atoms with Crippen molar-refractivity contribution < 1.29 is 14.6 Å². The van der Waals surface area contributed by atoms with E-state index in [1.807, 2.05) is 0 Å². The van der Waals surface area contributed by atoms with Crippen molar-refractivity contribution in [1.82, 2.24) is 5.43 Å². The van der Waals surface area contributed by atoms with Gasteiger partial charge in [-0.25, -0.2) is 10.2 Å². The highest BCUT2D eigenvalue weighted by Gasteiger charge is 2.37. The molecule has 1 N–H and O–H groups in total. The third kappa shape index (κ3) is 1.49. The second-order valence-electron chi connectivity index (χ2n) is 2.94. The molecule has 0 saturated carbocycles. The third-order valence-corrected chi connectivity index (χ3v) is 1.97. The maximum Gasteiger partial charge on any atom is 0.360 e. The number of hydrogen-bond acceptors (Lipinski definition) is 5. The summed E-state index contributed by atoms with van der Waals surface area (Å²) in [4.78, 5) is 30.3. The van der Waals surface area contributed by atoms with Gasteiger partial charge in [-0.3, -0.25) is 20.2 Å². The Hall–Kier alpha value is -2.71. The Morgan fingerprint density at radius 2 is 1.81 bits per heavy atom. The Labute approximate surface area is 87.5 Å². The molecule has 82 valence electrons. The first-order chi connectivity index (χ1) is 7.50. The number of nitrogens with zero attached hydrogens (tertiary/aromatic N) is 3. The van der Waals surface area contributed by atoms with Crippen LogP contribution in [0, 0.1) is 20.2 Å². The number of nitrogens with one attached hydrogen (secondary N) is 1. The number of nitro benzene ring substituents is 2. The average molecular weight is 224 g/mol. The first-order valence-electron chi connectivity index (χ1n) is 4.04. The van der Waals surface area contributed by atoms with Crippen LogP contribution >= 0.6 is 0 Å². The lowest BCUT2D eigenvalue weighted by molar-refractivity contribution is -0.393. The van der Waals surface area contributed by atoms with E-state index >= 15 is 0 Å². The average Bonchev–Trinajstić information content (AvgIpc) is 2.94. The molecule has 0 aliphatic carbocycles. The molecule has 0 aromatic heterocycles. The van der Waals surface area contributed by atoms with Crippen LogP contribution < -0.4 is 10.4 Å². The van der Waals surface area contributed by atoms with Crippen LogP contribution in [0.5, 0.6) is 0 Å². The molecule has 1 fully saturated rings. The normalized spacial score (nSPS) is 13.2. The molecule has 1 aliphatic heterocycles. The largest absolute Gasteiger partial charge is 0.360 e. The molecule has 0 bridgehead atoms. The van der Waals surface area contributed by atoms with Crippen LogP contribution in [0.1, 0.15) is 0 Å². The number of anilines is 1. The van der Waals surface area contributed by atoms with E-state index in [-0.39, 0.29) is 5.69 Å². The fourth-order valence-electron chi connectivity index (χ4n) is 1.20. The number of amides is 2. The number of urea groups is 1. The molecule has 0 spiro atoms. The van der Waals surface area contributed by atoms with Crippen molar-refractivity contribution in [3.05, 3.63) is 38.4 Å². The van der Waals surface area contributed by atoms with Crippen LogP contribution in [0.4, 0.5) is 21.9 Å². The summed E-state index contributed by atoms with van der Waals surface area (Å²) in [5, 5.41) is 22.0. The third-order valence-electron chi connectivity index (χ3n) is 1.97. The molecule has 1 aromatic carbocycles. The molecule has 1 aliphatic rings.